The first-order chi connectivity index (χ1) is 9.48. The molecule has 110 valence electrons. The Morgan fingerprint density at radius 3 is 2.60 bits per heavy atom. The van der Waals surface area contributed by atoms with E-state index in [1.54, 1.807) is 7.05 Å². The Hall–Kier alpha value is -0.980. The zero-order valence-electron chi connectivity index (χ0n) is 11.5. The molecule has 2 fully saturated rings. The molecule has 0 spiro atoms. The van der Waals surface area contributed by atoms with Gasteiger partial charge < -0.3 is 5.32 Å². The number of rotatable bonds is 6. The van der Waals surface area contributed by atoms with Crippen molar-refractivity contribution in [2.24, 2.45) is 0 Å². The molecule has 1 aromatic carbocycles. The molecule has 4 nitrogen and oxygen atoms in total. The fourth-order valence-corrected chi connectivity index (χ4v) is 3.66. The highest BCUT2D eigenvalue weighted by Gasteiger charge is 2.35. The summed E-state index contributed by atoms with van der Waals surface area (Å²) in [5.74, 6) is -0.355. The molecule has 0 bridgehead atoms. The van der Waals surface area contributed by atoms with Gasteiger partial charge in [0.2, 0.25) is 10.0 Å². The fourth-order valence-electron chi connectivity index (χ4n) is 2.19. The summed E-state index contributed by atoms with van der Waals surface area (Å²) >= 11 is 0. The monoisotopic (exact) mass is 298 g/mol. The molecule has 0 amide bonds. The minimum atomic E-state index is -3.50. The summed E-state index contributed by atoms with van der Waals surface area (Å²) in [6, 6.07) is 4.63. The van der Waals surface area contributed by atoms with Gasteiger partial charge in [0.05, 0.1) is 4.90 Å². The van der Waals surface area contributed by atoms with Crippen molar-refractivity contribution in [3.8, 4) is 0 Å². The van der Waals surface area contributed by atoms with Gasteiger partial charge in [-0.1, -0.05) is 0 Å². The minimum Gasteiger partial charge on any atom is -0.310 e. The van der Waals surface area contributed by atoms with Crippen molar-refractivity contribution in [3.63, 3.8) is 0 Å². The number of sulfonamides is 1. The molecule has 6 heteroatoms. The third-order valence-corrected chi connectivity index (χ3v) is 5.82. The van der Waals surface area contributed by atoms with Gasteiger partial charge in [-0.15, -0.1) is 0 Å². The largest absolute Gasteiger partial charge is 0.310 e. The number of nitrogens with one attached hydrogen (secondary N) is 1. The predicted molar refractivity (Wildman–Crippen MR) is 74.2 cm³/mol. The van der Waals surface area contributed by atoms with E-state index in [0.717, 1.165) is 25.7 Å². The van der Waals surface area contributed by atoms with E-state index in [1.807, 2.05) is 0 Å². The molecule has 2 aliphatic rings. The number of benzene rings is 1. The number of hydrogen-bond donors (Lipinski definition) is 1. The van der Waals surface area contributed by atoms with Gasteiger partial charge in [-0.25, -0.2) is 12.8 Å². The zero-order chi connectivity index (χ0) is 14.3. The highest BCUT2D eigenvalue weighted by atomic mass is 32.2. The maximum absolute atomic E-state index is 13.8. The van der Waals surface area contributed by atoms with E-state index in [4.69, 9.17) is 0 Å². The summed E-state index contributed by atoms with van der Waals surface area (Å²) < 4.78 is 40.0. The van der Waals surface area contributed by atoms with E-state index in [2.05, 4.69) is 5.32 Å². The number of halogens is 1. The summed E-state index contributed by atoms with van der Waals surface area (Å²) in [7, 11) is -1.90. The molecule has 2 saturated carbocycles. The second kappa shape index (κ2) is 5.09. The van der Waals surface area contributed by atoms with Crippen molar-refractivity contribution in [1.82, 2.24) is 9.62 Å². The lowest BCUT2D eigenvalue weighted by atomic mass is 10.2. The Morgan fingerprint density at radius 1 is 1.30 bits per heavy atom. The second-order valence-electron chi connectivity index (χ2n) is 5.66. The highest BCUT2D eigenvalue weighted by molar-refractivity contribution is 7.89. The average molecular weight is 298 g/mol. The number of nitrogens with zero attached hydrogens (tertiary/aromatic N) is 1. The summed E-state index contributed by atoms with van der Waals surface area (Å²) in [5.41, 5.74) is 0.419. The molecule has 0 atom stereocenters. The Balaban J connectivity index is 1.83. The van der Waals surface area contributed by atoms with Gasteiger partial charge in [-0.3, -0.25) is 0 Å². The lowest BCUT2D eigenvalue weighted by Crippen LogP contribution is -2.29. The Labute approximate surface area is 119 Å². The second-order valence-corrected chi connectivity index (χ2v) is 7.66. The Morgan fingerprint density at radius 2 is 2.00 bits per heavy atom. The molecule has 0 aromatic heterocycles. The third kappa shape index (κ3) is 2.87. The van der Waals surface area contributed by atoms with Crippen LogP contribution in [0.15, 0.2) is 23.1 Å². The first-order valence-corrected chi connectivity index (χ1v) is 8.42. The molecule has 0 unspecified atom stereocenters. The van der Waals surface area contributed by atoms with E-state index in [1.165, 1.54) is 22.5 Å². The minimum absolute atomic E-state index is 0.109. The smallest absolute Gasteiger partial charge is 0.243 e. The van der Waals surface area contributed by atoms with Crippen LogP contribution in [0.3, 0.4) is 0 Å². The summed E-state index contributed by atoms with van der Waals surface area (Å²) in [6.45, 7) is 0.382. The molecule has 0 saturated heterocycles. The van der Waals surface area contributed by atoms with Gasteiger partial charge in [-0.05, 0) is 43.9 Å². The normalized spacial score (nSPS) is 19.6. The first-order valence-electron chi connectivity index (χ1n) is 6.98. The third-order valence-electron chi connectivity index (χ3n) is 3.91. The molecule has 0 radical (unpaired) electrons. The fraction of sp³-hybridized carbons (Fsp3) is 0.571. The van der Waals surface area contributed by atoms with Crippen LogP contribution in [0, 0.1) is 5.82 Å². The lowest BCUT2D eigenvalue weighted by Gasteiger charge is -2.17. The molecular weight excluding hydrogens is 279 g/mol. The van der Waals surface area contributed by atoms with Crippen LogP contribution in [-0.4, -0.2) is 31.9 Å². The average Bonchev–Trinajstić information content (AvgIpc) is 3.29. The van der Waals surface area contributed by atoms with Gasteiger partial charge in [0.1, 0.15) is 5.82 Å². The van der Waals surface area contributed by atoms with Gasteiger partial charge in [0.25, 0.3) is 0 Å². The van der Waals surface area contributed by atoms with Gasteiger partial charge in [0.15, 0.2) is 0 Å². The van der Waals surface area contributed by atoms with E-state index >= 15 is 0 Å². The van der Waals surface area contributed by atoms with Crippen molar-refractivity contribution in [3.05, 3.63) is 29.6 Å². The summed E-state index contributed by atoms with van der Waals surface area (Å²) in [6.07, 6.45) is 4.05. The van der Waals surface area contributed by atoms with Crippen LogP contribution >= 0.6 is 0 Å². The predicted octanol–water partition coefficient (Wildman–Crippen LogP) is 1.86. The van der Waals surface area contributed by atoms with Gasteiger partial charge in [0, 0.05) is 31.2 Å². The standard InChI is InChI=1S/C14H19FN2O2S/c1-17(12-4-5-12)20(18,19)13-6-7-14(15)10(8-13)9-16-11-2-3-11/h6-8,11-12,16H,2-5,9H2,1H3. The quantitative estimate of drug-likeness (QED) is 0.872. The summed E-state index contributed by atoms with van der Waals surface area (Å²) in [4.78, 5) is 0.181. The van der Waals surface area contributed by atoms with Crippen LogP contribution in [0.1, 0.15) is 31.2 Å². The Kier molecular flexibility index (Phi) is 3.56. The van der Waals surface area contributed by atoms with E-state index < -0.39 is 10.0 Å². The summed E-state index contributed by atoms with van der Waals surface area (Å²) in [5, 5.41) is 3.21. The molecule has 20 heavy (non-hydrogen) atoms. The Bertz CT molecular complexity index is 610. The first kappa shape index (κ1) is 14.0. The van der Waals surface area contributed by atoms with Crippen molar-refractivity contribution in [1.29, 1.82) is 0 Å². The molecule has 3 rings (SSSR count). The van der Waals surface area contributed by atoms with Crippen molar-refractivity contribution < 1.29 is 12.8 Å². The van der Waals surface area contributed by atoms with Crippen molar-refractivity contribution >= 4 is 10.0 Å². The van der Waals surface area contributed by atoms with Crippen LogP contribution in [-0.2, 0) is 16.6 Å². The van der Waals surface area contributed by atoms with Crippen molar-refractivity contribution in [2.75, 3.05) is 7.05 Å². The molecule has 2 aliphatic carbocycles. The van der Waals surface area contributed by atoms with Crippen LogP contribution in [0.4, 0.5) is 4.39 Å². The van der Waals surface area contributed by atoms with Crippen molar-refractivity contribution in [2.45, 2.75) is 49.2 Å². The van der Waals surface area contributed by atoms with Gasteiger partial charge in [-0.2, -0.15) is 4.31 Å². The van der Waals surface area contributed by atoms with Crippen LogP contribution in [0.25, 0.3) is 0 Å². The van der Waals surface area contributed by atoms with Crippen LogP contribution < -0.4 is 5.32 Å². The van der Waals surface area contributed by atoms with Crippen LogP contribution in [0.2, 0.25) is 0 Å². The topological polar surface area (TPSA) is 49.4 Å². The van der Waals surface area contributed by atoms with E-state index in [-0.39, 0.29) is 16.8 Å². The molecular formula is C14H19FN2O2S. The van der Waals surface area contributed by atoms with Gasteiger partial charge >= 0.3 is 0 Å². The zero-order valence-corrected chi connectivity index (χ0v) is 12.3. The van der Waals surface area contributed by atoms with Crippen LogP contribution in [0.5, 0.6) is 0 Å². The highest BCUT2D eigenvalue weighted by Crippen LogP contribution is 2.31. The maximum atomic E-state index is 13.8. The molecule has 0 aliphatic heterocycles. The van der Waals surface area contributed by atoms with E-state index in [9.17, 15) is 12.8 Å². The maximum Gasteiger partial charge on any atom is 0.243 e. The SMILES string of the molecule is CN(C1CC1)S(=O)(=O)c1ccc(F)c(CNC2CC2)c1. The van der Waals surface area contributed by atoms with E-state index in [0.29, 0.717) is 18.2 Å². The molecule has 0 heterocycles. The lowest BCUT2D eigenvalue weighted by molar-refractivity contribution is 0.464. The number of hydrogen-bond acceptors (Lipinski definition) is 3. The molecule has 1 N–H and O–H groups in total. The molecule has 1 aromatic rings.